The number of ketones is 1. The van der Waals surface area contributed by atoms with Crippen LogP contribution in [0.5, 0.6) is 5.75 Å². The Hall–Kier alpha value is -1.40. The van der Waals surface area contributed by atoms with Gasteiger partial charge in [-0.15, -0.1) is 0 Å². The predicted octanol–water partition coefficient (Wildman–Crippen LogP) is 1.85. The van der Waals surface area contributed by atoms with Crippen molar-refractivity contribution in [1.29, 1.82) is 0 Å². The van der Waals surface area contributed by atoms with Gasteiger partial charge in [-0.2, -0.15) is 0 Å². The Labute approximate surface area is 132 Å². The van der Waals surface area contributed by atoms with Crippen LogP contribution in [0.1, 0.15) is 24.2 Å². The summed E-state index contributed by atoms with van der Waals surface area (Å²) in [4.78, 5) is 26.2. The maximum atomic E-state index is 12.4. The second-order valence-corrected chi connectivity index (χ2v) is 6.36. The summed E-state index contributed by atoms with van der Waals surface area (Å²) in [6.07, 6.45) is 0. The first-order valence-corrected chi connectivity index (χ1v) is 7.55. The molecule has 0 spiro atoms. The van der Waals surface area contributed by atoms with Crippen LogP contribution in [0.15, 0.2) is 22.7 Å². The van der Waals surface area contributed by atoms with Crippen LogP contribution in [0.4, 0.5) is 0 Å². The summed E-state index contributed by atoms with van der Waals surface area (Å²) in [5.74, 6) is 0.628. The van der Waals surface area contributed by atoms with Crippen molar-refractivity contribution >= 4 is 27.6 Å². The fourth-order valence-corrected chi connectivity index (χ4v) is 2.87. The number of hydrogen-bond donors (Lipinski definition) is 1. The van der Waals surface area contributed by atoms with Gasteiger partial charge >= 0.3 is 0 Å². The molecule has 114 valence electrons. The molecule has 1 aliphatic heterocycles. The largest absolute Gasteiger partial charge is 0.496 e. The van der Waals surface area contributed by atoms with E-state index < -0.39 is 5.54 Å². The molecule has 2 rings (SSSR count). The minimum absolute atomic E-state index is 0.0128. The highest BCUT2D eigenvalue weighted by Gasteiger charge is 2.38. The molecule has 21 heavy (non-hydrogen) atoms. The third-order valence-corrected chi connectivity index (χ3v) is 4.44. The van der Waals surface area contributed by atoms with Crippen molar-refractivity contribution in [2.24, 2.45) is 0 Å². The summed E-state index contributed by atoms with van der Waals surface area (Å²) >= 11 is 3.38. The normalized spacial score (nSPS) is 18.2. The van der Waals surface area contributed by atoms with Gasteiger partial charge in [0.2, 0.25) is 5.91 Å². The van der Waals surface area contributed by atoms with Gasteiger partial charge in [-0.05, 0) is 48.0 Å². The predicted molar refractivity (Wildman–Crippen MR) is 83.7 cm³/mol. The van der Waals surface area contributed by atoms with Crippen molar-refractivity contribution in [3.63, 3.8) is 0 Å². The molecule has 1 amide bonds. The van der Waals surface area contributed by atoms with E-state index in [1.54, 1.807) is 25.3 Å². The highest BCUT2D eigenvalue weighted by molar-refractivity contribution is 9.10. The Morgan fingerprint density at radius 1 is 1.48 bits per heavy atom. The summed E-state index contributed by atoms with van der Waals surface area (Å²) in [7, 11) is 1.58. The van der Waals surface area contributed by atoms with Gasteiger partial charge in [0, 0.05) is 18.7 Å². The molecule has 0 bridgehead atoms. The fourth-order valence-electron chi connectivity index (χ4n) is 2.32. The maximum absolute atomic E-state index is 12.4. The third-order valence-electron chi connectivity index (χ3n) is 3.82. The van der Waals surface area contributed by atoms with Gasteiger partial charge in [0.25, 0.3) is 0 Å². The van der Waals surface area contributed by atoms with Gasteiger partial charge < -0.3 is 10.1 Å². The van der Waals surface area contributed by atoms with Crippen molar-refractivity contribution in [2.45, 2.75) is 19.4 Å². The van der Waals surface area contributed by atoms with E-state index in [0.717, 1.165) is 4.47 Å². The van der Waals surface area contributed by atoms with Crippen LogP contribution in [0.25, 0.3) is 0 Å². The van der Waals surface area contributed by atoms with E-state index in [1.165, 1.54) is 0 Å². The number of benzene rings is 1. The molecule has 1 aromatic carbocycles. The molecule has 0 aliphatic carbocycles. The zero-order valence-electron chi connectivity index (χ0n) is 12.4. The number of Topliss-reactive ketones (excluding diaryl/α,β-unsaturated/α-hetero) is 1. The number of nitrogens with zero attached hydrogens (tertiary/aromatic N) is 1. The zero-order valence-corrected chi connectivity index (χ0v) is 14.0. The molecule has 1 heterocycles. The summed E-state index contributed by atoms with van der Waals surface area (Å²) in [6, 6.07) is 5.24. The van der Waals surface area contributed by atoms with E-state index in [4.69, 9.17) is 4.74 Å². The van der Waals surface area contributed by atoms with E-state index in [-0.39, 0.29) is 18.2 Å². The van der Waals surface area contributed by atoms with Crippen LogP contribution >= 0.6 is 15.9 Å². The molecule has 0 atom stereocenters. The standard InChI is InChI=1S/C15H19BrN2O3/c1-15(2)14(20)17-6-7-18(15)9-12(19)10-4-5-13(21-3)11(16)8-10/h4-5,8H,6-7,9H2,1-3H3,(H,17,20). The van der Waals surface area contributed by atoms with Crippen LogP contribution in [-0.2, 0) is 4.79 Å². The molecule has 0 saturated carbocycles. The first-order valence-electron chi connectivity index (χ1n) is 6.76. The Kier molecular flexibility index (Phi) is 4.68. The number of amides is 1. The molecule has 5 nitrogen and oxygen atoms in total. The van der Waals surface area contributed by atoms with Crippen LogP contribution < -0.4 is 10.1 Å². The number of rotatable bonds is 4. The fraction of sp³-hybridized carbons (Fsp3) is 0.467. The molecule has 1 fully saturated rings. The van der Waals surface area contributed by atoms with Gasteiger partial charge in [-0.25, -0.2) is 0 Å². The van der Waals surface area contributed by atoms with Gasteiger partial charge in [0.1, 0.15) is 5.75 Å². The highest BCUT2D eigenvalue weighted by atomic mass is 79.9. The average Bonchev–Trinajstić information content (AvgIpc) is 2.44. The topological polar surface area (TPSA) is 58.6 Å². The number of hydrogen-bond acceptors (Lipinski definition) is 4. The minimum Gasteiger partial charge on any atom is -0.496 e. The molecule has 0 radical (unpaired) electrons. The van der Waals surface area contributed by atoms with Gasteiger partial charge in [-0.3, -0.25) is 14.5 Å². The number of ether oxygens (including phenoxy) is 1. The van der Waals surface area contributed by atoms with Crippen LogP contribution in [0.2, 0.25) is 0 Å². The second-order valence-electron chi connectivity index (χ2n) is 5.51. The van der Waals surface area contributed by atoms with Crippen LogP contribution in [-0.4, -0.2) is 48.9 Å². The summed E-state index contributed by atoms with van der Waals surface area (Å²) < 4.78 is 5.90. The number of halogens is 1. The van der Waals surface area contributed by atoms with Crippen molar-refractivity contribution in [1.82, 2.24) is 10.2 Å². The SMILES string of the molecule is COc1ccc(C(=O)CN2CCNC(=O)C2(C)C)cc1Br. The van der Waals surface area contributed by atoms with Crippen molar-refractivity contribution in [2.75, 3.05) is 26.7 Å². The first-order chi connectivity index (χ1) is 9.86. The van der Waals surface area contributed by atoms with Crippen LogP contribution in [0, 0.1) is 0 Å². The van der Waals surface area contributed by atoms with Gasteiger partial charge in [-0.1, -0.05) is 0 Å². The van der Waals surface area contributed by atoms with Crippen molar-refractivity contribution < 1.29 is 14.3 Å². The van der Waals surface area contributed by atoms with E-state index in [2.05, 4.69) is 21.2 Å². The van der Waals surface area contributed by atoms with Crippen molar-refractivity contribution in [3.8, 4) is 5.75 Å². The lowest BCUT2D eigenvalue weighted by molar-refractivity contribution is -0.134. The molecule has 1 aliphatic rings. The summed E-state index contributed by atoms with van der Waals surface area (Å²) in [6.45, 7) is 5.13. The quantitative estimate of drug-likeness (QED) is 0.838. The monoisotopic (exact) mass is 354 g/mol. The third kappa shape index (κ3) is 3.27. The number of methoxy groups -OCH3 is 1. The molecule has 0 unspecified atom stereocenters. The second kappa shape index (κ2) is 6.15. The van der Waals surface area contributed by atoms with E-state index in [9.17, 15) is 9.59 Å². The molecule has 1 saturated heterocycles. The highest BCUT2D eigenvalue weighted by Crippen LogP contribution is 2.26. The molecule has 6 heteroatoms. The number of piperazine rings is 1. The zero-order chi connectivity index (χ0) is 15.6. The van der Waals surface area contributed by atoms with Gasteiger partial charge in [0.05, 0.1) is 23.7 Å². The molecular formula is C15H19BrN2O3. The smallest absolute Gasteiger partial charge is 0.240 e. The Morgan fingerprint density at radius 2 is 2.19 bits per heavy atom. The van der Waals surface area contributed by atoms with Crippen molar-refractivity contribution in [3.05, 3.63) is 28.2 Å². The lowest BCUT2D eigenvalue weighted by atomic mass is 9.97. The maximum Gasteiger partial charge on any atom is 0.240 e. The Morgan fingerprint density at radius 3 is 2.81 bits per heavy atom. The number of carbonyl (C=O) groups excluding carboxylic acids is 2. The molecular weight excluding hydrogens is 336 g/mol. The number of nitrogens with one attached hydrogen (secondary N) is 1. The Balaban J connectivity index is 2.14. The summed E-state index contributed by atoms with van der Waals surface area (Å²) in [5.41, 5.74) is -0.0677. The molecule has 1 aromatic rings. The lowest BCUT2D eigenvalue weighted by Gasteiger charge is -2.40. The number of carbonyl (C=O) groups is 2. The van der Waals surface area contributed by atoms with E-state index >= 15 is 0 Å². The molecule has 0 aromatic heterocycles. The average molecular weight is 355 g/mol. The van der Waals surface area contributed by atoms with Crippen LogP contribution in [0.3, 0.4) is 0 Å². The molecule has 1 N–H and O–H groups in total. The summed E-state index contributed by atoms with van der Waals surface area (Å²) in [5, 5.41) is 2.82. The van der Waals surface area contributed by atoms with E-state index in [0.29, 0.717) is 24.4 Å². The Bertz CT molecular complexity index is 572. The minimum atomic E-state index is -0.669. The van der Waals surface area contributed by atoms with Gasteiger partial charge in [0.15, 0.2) is 5.78 Å². The first kappa shape index (κ1) is 16.0. The van der Waals surface area contributed by atoms with E-state index in [1.807, 2.05) is 18.7 Å². The lowest BCUT2D eigenvalue weighted by Crippen LogP contribution is -2.62.